The number of aromatic amines is 1. The van der Waals surface area contributed by atoms with Gasteiger partial charge in [0.1, 0.15) is 16.9 Å². The van der Waals surface area contributed by atoms with Gasteiger partial charge in [-0.15, -0.1) is 0 Å². The zero-order valence-electron chi connectivity index (χ0n) is 16.5. The monoisotopic (exact) mass is 436 g/mol. The molecule has 4 aromatic rings. The number of benzene rings is 2. The van der Waals surface area contributed by atoms with Crippen molar-refractivity contribution in [2.75, 3.05) is 5.32 Å². The van der Waals surface area contributed by atoms with Gasteiger partial charge in [-0.3, -0.25) is 0 Å². The minimum atomic E-state index is 0.502. The van der Waals surface area contributed by atoms with Crippen LogP contribution in [-0.4, -0.2) is 15.0 Å². The number of rotatable bonds is 3. The summed E-state index contributed by atoms with van der Waals surface area (Å²) in [4.78, 5) is 13.6. The van der Waals surface area contributed by atoms with Gasteiger partial charge in [-0.2, -0.15) is 0 Å². The van der Waals surface area contributed by atoms with E-state index in [2.05, 4.69) is 16.4 Å². The molecule has 2 aliphatic rings. The number of nitrogens with zero attached hydrogens (tertiary/aromatic N) is 2. The van der Waals surface area contributed by atoms with E-state index in [1.165, 1.54) is 32.1 Å². The highest BCUT2D eigenvalue weighted by Crippen LogP contribution is 2.51. The van der Waals surface area contributed by atoms with Gasteiger partial charge in [0.05, 0.1) is 15.6 Å². The van der Waals surface area contributed by atoms with E-state index in [9.17, 15) is 0 Å². The average Bonchev–Trinajstić information content (AvgIpc) is 3.39. The molecule has 2 saturated carbocycles. The molecule has 30 heavy (non-hydrogen) atoms. The first-order valence-electron chi connectivity index (χ1n) is 10.7. The highest BCUT2D eigenvalue weighted by Gasteiger charge is 2.39. The summed E-state index contributed by atoms with van der Waals surface area (Å²) >= 11 is 12.3. The van der Waals surface area contributed by atoms with Crippen LogP contribution < -0.4 is 5.32 Å². The second kappa shape index (κ2) is 7.14. The van der Waals surface area contributed by atoms with E-state index in [1.807, 2.05) is 30.3 Å². The predicted octanol–water partition coefficient (Wildman–Crippen LogP) is 7.46. The molecule has 6 heteroatoms. The molecular weight excluding hydrogens is 415 g/mol. The largest absolute Gasteiger partial charge is 0.339 e. The number of pyridine rings is 1. The van der Waals surface area contributed by atoms with E-state index in [1.54, 1.807) is 6.07 Å². The summed E-state index contributed by atoms with van der Waals surface area (Å²) in [5, 5.41) is 5.55. The minimum absolute atomic E-state index is 0.502. The lowest BCUT2D eigenvalue weighted by Crippen LogP contribution is -2.00. The number of anilines is 2. The summed E-state index contributed by atoms with van der Waals surface area (Å²) in [6.45, 7) is 0. The molecule has 0 aliphatic heterocycles. The number of nitrogens with one attached hydrogen (secondary N) is 2. The first kappa shape index (κ1) is 18.5. The van der Waals surface area contributed by atoms with Gasteiger partial charge >= 0.3 is 0 Å². The molecule has 0 amide bonds. The van der Waals surface area contributed by atoms with E-state index in [0.717, 1.165) is 51.1 Å². The summed E-state index contributed by atoms with van der Waals surface area (Å²) in [7, 11) is 0. The maximum Gasteiger partial charge on any atom is 0.157 e. The van der Waals surface area contributed by atoms with Crippen molar-refractivity contribution in [1.82, 2.24) is 15.0 Å². The standard InChI is InChI=1S/C24H22Cl2N4/c25-18-10-9-16(12-19(18)26)27-24-22-21(17-3-1-2-4-20(17)28-24)29-23(30-22)13-5-7-14-11-15(14)8-6-13/h1-4,9-10,12-15H,5-8,11H2,(H,27,28)(H,29,30)/t13?,14-,15+. The van der Waals surface area contributed by atoms with E-state index < -0.39 is 0 Å². The Balaban J connectivity index is 1.45. The van der Waals surface area contributed by atoms with Crippen LogP contribution in [0.15, 0.2) is 42.5 Å². The highest BCUT2D eigenvalue weighted by atomic mass is 35.5. The number of hydrogen-bond donors (Lipinski definition) is 2. The number of hydrogen-bond acceptors (Lipinski definition) is 3. The van der Waals surface area contributed by atoms with Gasteiger partial charge in [0.15, 0.2) is 5.82 Å². The molecule has 1 unspecified atom stereocenters. The molecule has 6 rings (SSSR count). The third-order valence-corrected chi connectivity index (χ3v) is 7.50. The Bertz CT molecular complexity index is 1250. The van der Waals surface area contributed by atoms with Gasteiger partial charge < -0.3 is 10.3 Å². The topological polar surface area (TPSA) is 53.6 Å². The third-order valence-electron chi connectivity index (χ3n) is 6.76. The van der Waals surface area contributed by atoms with Gasteiger partial charge in [-0.25, -0.2) is 9.97 Å². The Hall–Kier alpha value is -2.30. The molecule has 0 radical (unpaired) electrons. The first-order valence-corrected chi connectivity index (χ1v) is 11.4. The summed E-state index contributed by atoms with van der Waals surface area (Å²) in [6.07, 6.45) is 6.56. The van der Waals surface area contributed by atoms with Crippen LogP contribution in [0.25, 0.3) is 21.9 Å². The van der Waals surface area contributed by atoms with Crippen molar-refractivity contribution in [2.24, 2.45) is 11.8 Å². The second-order valence-corrected chi connectivity index (χ2v) is 9.50. The molecule has 2 aliphatic carbocycles. The lowest BCUT2D eigenvalue weighted by molar-refractivity contribution is 0.535. The van der Waals surface area contributed by atoms with Crippen LogP contribution in [0, 0.1) is 11.8 Å². The molecule has 0 bridgehead atoms. The fourth-order valence-electron chi connectivity index (χ4n) is 4.97. The third kappa shape index (κ3) is 3.23. The fourth-order valence-corrected chi connectivity index (χ4v) is 5.26. The van der Waals surface area contributed by atoms with Crippen molar-refractivity contribution in [3.8, 4) is 0 Å². The van der Waals surface area contributed by atoms with Gasteiger partial charge in [0.2, 0.25) is 0 Å². The molecule has 2 heterocycles. The van der Waals surface area contributed by atoms with Crippen molar-refractivity contribution < 1.29 is 0 Å². The maximum atomic E-state index is 6.22. The van der Waals surface area contributed by atoms with Gasteiger partial charge in [0, 0.05) is 17.0 Å². The Kier molecular flexibility index (Phi) is 4.39. The van der Waals surface area contributed by atoms with Crippen molar-refractivity contribution in [3.05, 3.63) is 58.3 Å². The Labute approximate surface area is 185 Å². The van der Waals surface area contributed by atoms with Crippen molar-refractivity contribution in [1.29, 1.82) is 0 Å². The number of imidazole rings is 1. The smallest absolute Gasteiger partial charge is 0.157 e. The highest BCUT2D eigenvalue weighted by molar-refractivity contribution is 6.42. The number of H-pyrrole nitrogens is 1. The van der Waals surface area contributed by atoms with Crippen molar-refractivity contribution >= 4 is 56.6 Å². The predicted molar refractivity (Wildman–Crippen MR) is 124 cm³/mol. The van der Waals surface area contributed by atoms with Crippen LogP contribution in [0.2, 0.25) is 10.0 Å². The summed E-state index contributed by atoms with van der Waals surface area (Å²) < 4.78 is 0. The number of fused-ring (bicyclic) bond motifs is 4. The zero-order chi connectivity index (χ0) is 20.2. The molecule has 2 aromatic heterocycles. The average molecular weight is 437 g/mol. The first-order chi connectivity index (χ1) is 14.7. The summed E-state index contributed by atoms with van der Waals surface area (Å²) in [6, 6.07) is 13.7. The van der Waals surface area contributed by atoms with Gasteiger partial charge in [0.25, 0.3) is 0 Å². The summed E-state index contributed by atoms with van der Waals surface area (Å²) in [5.74, 6) is 4.29. The molecule has 3 atom stereocenters. The van der Waals surface area contributed by atoms with Crippen LogP contribution in [-0.2, 0) is 0 Å². The Morgan fingerprint density at radius 3 is 2.50 bits per heavy atom. The minimum Gasteiger partial charge on any atom is -0.339 e. The molecule has 0 saturated heterocycles. The molecular formula is C24H22Cl2N4. The molecule has 152 valence electrons. The van der Waals surface area contributed by atoms with E-state index in [4.69, 9.17) is 33.2 Å². The normalized spacial score (nSPS) is 23.3. The van der Waals surface area contributed by atoms with Gasteiger partial charge in [-0.05, 0) is 68.2 Å². The SMILES string of the molecule is Clc1ccc(Nc2nc3ccccc3c3nc(C4CC[C@@H]5C[C@@H]5CC4)[nH]c23)cc1Cl. The second-order valence-electron chi connectivity index (χ2n) is 8.68. The summed E-state index contributed by atoms with van der Waals surface area (Å²) in [5.41, 5.74) is 3.70. The van der Waals surface area contributed by atoms with Crippen LogP contribution in [0.4, 0.5) is 11.5 Å². The molecule has 0 spiro atoms. The lowest BCUT2D eigenvalue weighted by atomic mass is 9.98. The van der Waals surface area contributed by atoms with E-state index in [0.29, 0.717) is 16.0 Å². The van der Waals surface area contributed by atoms with Crippen LogP contribution in [0.1, 0.15) is 43.8 Å². The Morgan fingerprint density at radius 2 is 1.70 bits per heavy atom. The number of halogens is 2. The van der Waals surface area contributed by atoms with Crippen LogP contribution in [0.5, 0.6) is 0 Å². The van der Waals surface area contributed by atoms with Gasteiger partial charge in [-0.1, -0.05) is 41.4 Å². The number of para-hydroxylation sites is 1. The van der Waals surface area contributed by atoms with Crippen molar-refractivity contribution in [2.45, 2.75) is 38.0 Å². The fraction of sp³-hybridized carbons (Fsp3) is 0.333. The molecule has 4 nitrogen and oxygen atoms in total. The van der Waals surface area contributed by atoms with Crippen LogP contribution in [0.3, 0.4) is 0 Å². The zero-order valence-corrected chi connectivity index (χ0v) is 18.0. The maximum absolute atomic E-state index is 6.22. The molecule has 2 fully saturated rings. The van der Waals surface area contributed by atoms with Crippen LogP contribution >= 0.6 is 23.2 Å². The Morgan fingerprint density at radius 1 is 0.900 bits per heavy atom. The lowest BCUT2D eigenvalue weighted by Gasteiger charge is -2.11. The van der Waals surface area contributed by atoms with E-state index in [-0.39, 0.29) is 0 Å². The van der Waals surface area contributed by atoms with E-state index >= 15 is 0 Å². The van der Waals surface area contributed by atoms with Crippen molar-refractivity contribution in [3.63, 3.8) is 0 Å². The molecule has 2 aromatic carbocycles. The number of aromatic nitrogens is 3. The quantitative estimate of drug-likeness (QED) is 0.350. The molecule has 2 N–H and O–H groups in total.